The van der Waals surface area contributed by atoms with Gasteiger partial charge in [0.05, 0.1) is 39.0 Å². The molecule has 174 valence electrons. The van der Waals surface area contributed by atoms with E-state index in [9.17, 15) is 19.5 Å². The maximum absolute atomic E-state index is 10.9. The van der Waals surface area contributed by atoms with Gasteiger partial charge in [-0.1, -0.05) is 31.9 Å². The molecule has 0 aliphatic heterocycles. The summed E-state index contributed by atoms with van der Waals surface area (Å²) in [7, 11) is 0. The molecule has 30 heavy (non-hydrogen) atoms. The van der Waals surface area contributed by atoms with Crippen molar-refractivity contribution in [1.29, 1.82) is 0 Å². The number of hydrogen-bond acceptors (Lipinski definition) is 4. The number of unbranched alkanes of at least 4 members (excludes halogenated alkanes) is 5. The summed E-state index contributed by atoms with van der Waals surface area (Å²) < 4.78 is 0.597. The molecule has 2 N–H and O–H groups in total. The zero-order chi connectivity index (χ0) is 22.7. The van der Waals surface area contributed by atoms with Crippen molar-refractivity contribution in [3.63, 3.8) is 0 Å². The van der Waals surface area contributed by atoms with E-state index in [1.54, 1.807) is 0 Å². The van der Waals surface area contributed by atoms with Gasteiger partial charge >= 0.3 is 11.9 Å². The Hall–Kier alpha value is -1.89. The number of quaternary nitrogens is 1. The molecule has 0 heterocycles. The minimum Gasteiger partial charge on any atom is -0.550 e. The molecular weight excluding hydrogens is 386 g/mol. The van der Waals surface area contributed by atoms with Gasteiger partial charge in [-0.2, -0.15) is 0 Å². The minimum absolute atomic E-state index is 0.0274. The maximum atomic E-state index is 10.9. The molecule has 0 aromatic carbocycles. The molecule has 7 nitrogen and oxygen atoms in total. The van der Waals surface area contributed by atoms with Crippen LogP contribution in [0.5, 0.6) is 0 Å². The first kappa shape index (κ1) is 28.1. The van der Waals surface area contributed by atoms with E-state index in [2.05, 4.69) is 19.1 Å². The minimum atomic E-state index is -1.08. The Morgan fingerprint density at radius 1 is 0.700 bits per heavy atom. The van der Waals surface area contributed by atoms with Crippen molar-refractivity contribution in [2.45, 2.75) is 90.4 Å². The summed E-state index contributed by atoms with van der Waals surface area (Å²) >= 11 is 0. The Kier molecular flexibility index (Phi) is 16.8. The number of carboxylic acid groups (broad SMARTS) is 3. The molecule has 0 spiro atoms. The highest BCUT2D eigenvalue weighted by Crippen LogP contribution is 2.18. The van der Waals surface area contributed by atoms with Crippen LogP contribution in [0, 0.1) is 0 Å². The molecular formula is C23H41NO6. The monoisotopic (exact) mass is 427 g/mol. The highest BCUT2D eigenvalue weighted by molar-refractivity contribution is 5.66. The van der Waals surface area contributed by atoms with Crippen LogP contribution in [0.4, 0.5) is 0 Å². The zero-order valence-corrected chi connectivity index (χ0v) is 18.7. The summed E-state index contributed by atoms with van der Waals surface area (Å²) in [6.45, 7) is 4.89. The summed E-state index contributed by atoms with van der Waals surface area (Å²) in [4.78, 5) is 32.7. The second-order valence-electron chi connectivity index (χ2n) is 8.17. The Morgan fingerprint density at radius 3 is 1.63 bits per heavy atom. The summed E-state index contributed by atoms with van der Waals surface area (Å²) in [6.07, 6.45) is 13.8. The normalized spacial score (nSPS) is 11.8. The molecule has 0 aromatic rings. The molecule has 0 aliphatic carbocycles. The number of carbonyl (C=O) groups excluding carboxylic acids is 1. The van der Waals surface area contributed by atoms with Gasteiger partial charge in [0.1, 0.15) is 0 Å². The number of nitrogens with zero attached hydrogens (tertiary/aromatic N) is 1. The fourth-order valence-corrected chi connectivity index (χ4v) is 3.80. The van der Waals surface area contributed by atoms with E-state index in [0.717, 1.165) is 38.6 Å². The van der Waals surface area contributed by atoms with Crippen molar-refractivity contribution < 1.29 is 34.2 Å². The first-order valence-corrected chi connectivity index (χ1v) is 11.4. The van der Waals surface area contributed by atoms with Crippen LogP contribution in [-0.2, 0) is 14.4 Å². The molecule has 0 aromatic heterocycles. The molecule has 0 radical (unpaired) electrons. The quantitative estimate of drug-likeness (QED) is 0.165. The lowest BCUT2D eigenvalue weighted by molar-refractivity contribution is -0.929. The third-order valence-corrected chi connectivity index (χ3v) is 5.45. The second-order valence-corrected chi connectivity index (χ2v) is 8.17. The van der Waals surface area contributed by atoms with Gasteiger partial charge in [0, 0.05) is 25.2 Å². The van der Waals surface area contributed by atoms with E-state index >= 15 is 0 Å². The van der Waals surface area contributed by atoms with Crippen LogP contribution in [-0.4, -0.2) is 58.8 Å². The van der Waals surface area contributed by atoms with Crippen molar-refractivity contribution in [1.82, 2.24) is 0 Å². The molecule has 0 fully saturated rings. The molecule has 0 bridgehead atoms. The summed E-state index contributed by atoms with van der Waals surface area (Å²) in [5.41, 5.74) is 0. The van der Waals surface area contributed by atoms with Crippen LogP contribution < -0.4 is 5.11 Å². The summed E-state index contributed by atoms with van der Waals surface area (Å²) in [5.74, 6) is -2.77. The van der Waals surface area contributed by atoms with Crippen molar-refractivity contribution in [2.24, 2.45) is 0 Å². The van der Waals surface area contributed by atoms with Gasteiger partial charge in [0.25, 0.3) is 0 Å². The predicted octanol–water partition coefficient (Wildman–Crippen LogP) is 3.37. The SMILES string of the molecule is CCCC/C=C/CCCCC[N+](CCCC(=O)[O-])(CCCC(=O)O)CCCC(=O)O. The van der Waals surface area contributed by atoms with Crippen molar-refractivity contribution >= 4 is 17.9 Å². The lowest BCUT2D eigenvalue weighted by Gasteiger charge is -2.39. The smallest absolute Gasteiger partial charge is 0.303 e. The first-order valence-electron chi connectivity index (χ1n) is 11.4. The molecule has 0 unspecified atom stereocenters. The van der Waals surface area contributed by atoms with Crippen molar-refractivity contribution in [3.8, 4) is 0 Å². The summed E-state index contributed by atoms with van der Waals surface area (Å²) in [6, 6.07) is 0. The van der Waals surface area contributed by atoms with E-state index in [-0.39, 0.29) is 19.3 Å². The molecule has 0 saturated heterocycles. The standard InChI is InChI=1S/C23H41NO6/c1-2-3-4-5-6-7-8-9-10-17-24(18-11-14-21(25)26,19-12-15-22(27)28)20-13-16-23(29)30/h5-6H,2-4,7-20H2,1H3,(H2-,25,26,27,28,29,30)/b6-5+. The van der Waals surface area contributed by atoms with Gasteiger partial charge in [-0.05, 0) is 38.5 Å². The first-order chi connectivity index (χ1) is 14.3. The van der Waals surface area contributed by atoms with Crippen LogP contribution in [0.1, 0.15) is 90.4 Å². The van der Waals surface area contributed by atoms with E-state index in [1.165, 1.54) is 12.8 Å². The summed E-state index contributed by atoms with van der Waals surface area (Å²) in [5, 5.41) is 28.8. The van der Waals surface area contributed by atoms with E-state index in [4.69, 9.17) is 10.2 Å². The van der Waals surface area contributed by atoms with E-state index in [1.807, 2.05) is 0 Å². The van der Waals surface area contributed by atoms with Crippen LogP contribution in [0.3, 0.4) is 0 Å². The van der Waals surface area contributed by atoms with Gasteiger partial charge in [0.2, 0.25) is 0 Å². The fraction of sp³-hybridized carbons (Fsp3) is 0.783. The third kappa shape index (κ3) is 17.0. The van der Waals surface area contributed by atoms with Gasteiger partial charge < -0.3 is 24.6 Å². The molecule has 0 saturated carbocycles. The number of rotatable bonds is 21. The average Bonchev–Trinajstić information content (AvgIpc) is 2.65. The maximum Gasteiger partial charge on any atom is 0.303 e. The molecule has 0 rings (SSSR count). The zero-order valence-electron chi connectivity index (χ0n) is 18.7. The number of aliphatic carboxylic acids is 3. The largest absolute Gasteiger partial charge is 0.550 e. The number of hydrogen-bond donors (Lipinski definition) is 2. The lowest BCUT2D eigenvalue weighted by atomic mass is 10.1. The van der Waals surface area contributed by atoms with Crippen LogP contribution in [0.25, 0.3) is 0 Å². The molecule has 7 heteroatoms. The molecule has 0 atom stereocenters. The third-order valence-electron chi connectivity index (χ3n) is 5.45. The second kappa shape index (κ2) is 17.9. The molecule has 0 amide bonds. The fourth-order valence-electron chi connectivity index (χ4n) is 3.80. The Balaban J connectivity index is 4.75. The van der Waals surface area contributed by atoms with Gasteiger partial charge in [-0.25, -0.2) is 0 Å². The average molecular weight is 428 g/mol. The van der Waals surface area contributed by atoms with Crippen LogP contribution >= 0.6 is 0 Å². The topological polar surface area (TPSA) is 115 Å². The number of carbonyl (C=O) groups is 3. The van der Waals surface area contributed by atoms with Crippen LogP contribution in [0.2, 0.25) is 0 Å². The Bertz CT molecular complexity index is 468. The van der Waals surface area contributed by atoms with Crippen molar-refractivity contribution in [3.05, 3.63) is 12.2 Å². The highest BCUT2D eigenvalue weighted by Gasteiger charge is 2.26. The van der Waals surface area contributed by atoms with E-state index < -0.39 is 17.9 Å². The highest BCUT2D eigenvalue weighted by atomic mass is 16.4. The number of carboxylic acids is 3. The number of allylic oxidation sites excluding steroid dienone is 2. The Morgan fingerprint density at radius 2 is 1.17 bits per heavy atom. The van der Waals surface area contributed by atoms with Gasteiger partial charge in [-0.3, -0.25) is 9.59 Å². The van der Waals surface area contributed by atoms with E-state index in [0.29, 0.717) is 43.4 Å². The lowest BCUT2D eigenvalue weighted by Crippen LogP contribution is -2.51. The van der Waals surface area contributed by atoms with Gasteiger partial charge in [-0.15, -0.1) is 0 Å². The van der Waals surface area contributed by atoms with Gasteiger partial charge in [0.15, 0.2) is 0 Å². The predicted molar refractivity (Wildman–Crippen MR) is 115 cm³/mol. The van der Waals surface area contributed by atoms with Crippen molar-refractivity contribution in [2.75, 3.05) is 26.2 Å². The Labute approximate surface area is 181 Å². The molecule has 0 aliphatic rings. The van der Waals surface area contributed by atoms with Crippen LogP contribution in [0.15, 0.2) is 12.2 Å².